The summed E-state index contributed by atoms with van der Waals surface area (Å²) < 4.78 is 15.6. The minimum Gasteiger partial charge on any atom is -0.347 e. The van der Waals surface area contributed by atoms with Crippen LogP contribution in [-0.4, -0.2) is 55.5 Å². The topological polar surface area (TPSA) is 93.0 Å². The van der Waals surface area contributed by atoms with E-state index in [-0.39, 0.29) is 43.1 Å². The molecule has 3 aromatic rings. The fraction of sp³-hybridized carbons (Fsp3) is 0.318. The summed E-state index contributed by atoms with van der Waals surface area (Å²) in [4.78, 5) is 30.9. The van der Waals surface area contributed by atoms with Crippen molar-refractivity contribution in [2.45, 2.75) is 38.6 Å². The first-order valence-electron chi connectivity index (χ1n) is 10.1. The first kappa shape index (κ1) is 20.6. The number of benzene rings is 1. The van der Waals surface area contributed by atoms with E-state index in [1.54, 1.807) is 25.3 Å². The molecule has 2 amide bonds. The second kappa shape index (κ2) is 9.03. The second-order valence-electron chi connectivity index (χ2n) is 7.62. The molecule has 1 aliphatic heterocycles. The van der Waals surface area contributed by atoms with Crippen LogP contribution in [0.15, 0.2) is 54.9 Å². The predicted octanol–water partition coefficient (Wildman–Crippen LogP) is 2.16. The lowest BCUT2D eigenvalue weighted by atomic mass is 10.1. The number of carbonyl (C=O) groups excluding carboxylic acids is 2. The molecule has 1 aliphatic rings. The lowest BCUT2D eigenvalue weighted by Gasteiger charge is -2.24. The van der Waals surface area contributed by atoms with E-state index in [1.165, 1.54) is 15.8 Å². The fourth-order valence-electron chi connectivity index (χ4n) is 3.70. The summed E-state index contributed by atoms with van der Waals surface area (Å²) in [5.41, 5.74) is 2.35. The maximum Gasteiger partial charge on any atom is 0.273 e. The number of hydrogen-bond donors (Lipinski definition) is 1. The molecule has 0 radical (unpaired) electrons. The van der Waals surface area contributed by atoms with E-state index < -0.39 is 6.17 Å². The van der Waals surface area contributed by atoms with Gasteiger partial charge in [0.25, 0.3) is 11.8 Å². The molecular formula is C22H23FN6O2. The summed E-state index contributed by atoms with van der Waals surface area (Å²) >= 11 is 0. The molecule has 1 saturated heterocycles. The summed E-state index contributed by atoms with van der Waals surface area (Å²) in [7, 11) is 0. The number of rotatable bonds is 6. The third-order valence-electron chi connectivity index (χ3n) is 5.23. The van der Waals surface area contributed by atoms with Gasteiger partial charge in [0, 0.05) is 30.4 Å². The minimum absolute atomic E-state index is 0.0317. The summed E-state index contributed by atoms with van der Waals surface area (Å²) in [6.45, 7) is 2.47. The number of carbonyl (C=O) groups is 2. The van der Waals surface area contributed by atoms with Gasteiger partial charge in [-0.25, -0.2) is 9.07 Å². The number of pyridine rings is 1. The molecule has 2 atom stereocenters. The highest BCUT2D eigenvalue weighted by atomic mass is 19.1. The van der Waals surface area contributed by atoms with Crippen LogP contribution < -0.4 is 5.32 Å². The van der Waals surface area contributed by atoms with Crippen LogP contribution in [-0.2, 0) is 13.1 Å². The summed E-state index contributed by atoms with van der Waals surface area (Å²) in [5, 5.41) is 10.7. The van der Waals surface area contributed by atoms with Gasteiger partial charge in [0.2, 0.25) is 0 Å². The average Bonchev–Trinajstić information content (AvgIpc) is 3.39. The molecule has 8 nitrogen and oxygen atoms in total. The van der Waals surface area contributed by atoms with Crippen molar-refractivity contribution < 1.29 is 14.0 Å². The molecule has 0 saturated carbocycles. The Bertz CT molecular complexity index is 1070. The van der Waals surface area contributed by atoms with E-state index in [4.69, 9.17) is 0 Å². The quantitative estimate of drug-likeness (QED) is 0.657. The number of amides is 2. The van der Waals surface area contributed by atoms with Gasteiger partial charge in [0.15, 0.2) is 5.69 Å². The van der Waals surface area contributed by atoms with Crippen LogP contribution >= 0.6 is 0 Å². The van der Waals surface area contributed by atoms with Crippen LogP contribution in [0.3, 0.4) is 0 Å². The third kappa shape index (κ3) is 4.93. The van der Waals surface area contributed by atoms with Crippen molar-refractivity contribution in [1.29, 1.82) is 0 Å². The molecule has 0 bridgehead atoms. The van der Waals surface area contributed by atoms with Gasteiger partial charge in [-0.2, -0.15) is 0 Å². The number of alkyl halides is 1. The number of aryl methyl sites for hydroxylation is 1. The molecule has 1 fully saturated rings. The molecule has 4 rings (SSSR count). The summed E-state index contributed by atoms with van der Waals surface area (Å²) in [5.74, 6) is -0.582. The first-order chi connectivity index (χ1) is 15.0. The molecule has 0 aliphatic carbocycles. The molecule has 160 valence electrons. The van der Waals surface area contributed by atoms with Crippen LogP contribution in [0.5, 0.6) is 0 Å². The molecular weight excluding hydrogens is 399 g/mol. The normalized spacial score (nSPS) is 18.2. The zero-order valence-corrected chi connectivity index (χ0v) is 17.1. The van der Waals surface area contributed by atoms with E-state index in [2.05, 4.69) is 20.6 Å². The van der Waals surface area contributed by atoms with Crippen molar-refractivity contribution in [3.63, 3.8) is 0 Å². The van der Waals surface area contributed by atoms with Crippen LogP contribution in [0.1, 0.15) is 38.5 Å². The van der Waals surface area contributed by atoms with Gasteiger partial charge in [0.05, 0.1) is 25.3 Å². The standard InChI is InChI=1S/C22H23FN6O2/c1-15-9-17(7-8-24-15)22(31)29-12-18(23)10-19(29)13-28-14-20(26-27-28)21(30)25-11-16-5-3-2-4-6-16/h2-9,14,18-19H,10-13H2,1H3,(H,25,30)/t18-,19-/m0/s1. The van der Waals surface area contributed by atoms with Gasteiger partial charge in [0.1, 0.15) is 6.17 Å². The monoisotopic (exact) mass is 422 g/mol. The van der Waals surface area contributed by atoms with Crippen molar-refractivity contribution in [3.05, 3.63) is 77.4 Å². The number of hydrogen-bond acceptors (Lipinski definition) is 5. The minimum atomic E-state index is -1.10. The largest absolute Gasteiger partial charge is 0.347 e. The van der Waals surface area contributed by atoms with Crippen LogP contribution in [0.4, 0.5) is 4.39 Å². The Morgan fingerprint density at radius 2 is 2.03 bits per heavy atom. The molecule has 1 N–H and O–H groups in total. The number of halogens is 1. The number of aromatic nitrogens is 4. The van der Waals surface area contributed by atoms with E-state index in [0.717, 1.165) is 11.3 Å². The Hall–Kier alpha value is -3.62. The Kier molecular flexibility index (Phi) is 6.01. The summed E-state index contributed by atoms with van der Waals surface area (Å²) in [6, 6.07) is 12.5. The van der Waals surface area contributed by atoms with Gasteiger partial charge in [-0.1, -0.05) is 35.5 Å². The number of nitrogens with zero attached hydrogens (tertiary/aromatic N) is 5. The average molecular weight is 422 g/mol. The lowest BCUT2D eigenvalue weighted by molar-refractivity contribution is 0.0714. The highest BCUT2D eigenvalue weighted by Crippen LogP contribution is 2.24. The molecule has 2 aromatic heterocycles. The molecule has 3 heterocycles. The molecule has 31 heavy (non-hydrogen) atoms. The van der Waals surface area contributed by atoms with Crippen molar-refractivity contribution in [1.82, 2.24) is 30.2 Å². The molecule has 1 aromatic carbocycles. The van der Waals surface area contributed by atoms with E-state index in [0.29, 0.717) is 12.1 Å². The third-order valence-corrected chi connectivity index (χ3v) is 5.23. The smallest absolute Gasteiger partial charge is 0.273 e. The van der Waals surface area contributed by atoms with Crippen LogP contribution in [0.25, 0.3) is 0 Å². The van der Waals surface area contributed by atoms with Gasteiger partial charge >= 0.3 is 0 Å². The second-order valence-corrected chi connectivity index (χ2v) is 7.62. The van der Waals surface area contributed by atoms with E-state index >= 15 is 0 Å². The Labute approximate surface area is 179 Å². The van der Waals surface area contributed by atoms with E-state index in [9.17, 15) is 14.0 Å². The van der Waals surface area contributed by atoms with Crippen molar-refractivity contribution in [2.24, 2.45) is 0 Å². The number of likely N-dealkylation sites (tertiary alicyclic amines) is 1. The fourth-order valence-corrected chi connectivity index (χ4v) is 3.70. The maximum absolute atomic E-state index is 14.2. The first-order valence-corrected chi connectivity index (χ1v) is 10.1. The predicted molar refractivity (Wildman–Crippen MR) is 111 cm³/mol. The number of nitrogens with one attached hydrogen (secondary N) is 1. The van der Waals surface area contributed by atoms with Crippen molar-refractivity contribution in [3.8, 4) is 0 Å². The van der Waals surface area contributed by atoms with E-state index in [1.807, 2.05) is 30.3 Å². The Morgan fingerprint density at radius 1 is 1.23 bits per heavy atom. The molecule has 0 unspecified atom stereocenters. The van der Waals surface area contributed by atoms with Crippen LogP contribution in [0.2, 0.25) is 0 Å². The van der Waals surface area contributed by atoms with Gasteiger partial charge < -0.3 is 10.2 Å². The maximum atomic E-state index is 14.2. The highest BCUT2D eigenvalue weighted by Gasteiger charge is 2.36. The summed E-state index contributed by atoms with van der Waals surface area (Å²) in [6.07, 6.45) is 2.20. The molecule has 0 spiro atoms. The SMILES string of the molecule is Cc1cc(C(=O)N2C[C@@H](F)C[C@H]2Cn2cc(C(=O)NCc3ccccc3)nn2)ccn1. The zero-order chi connectivity index (χ0) is 21.8. The Morgan fingerprint density at radius 3 is 2.81 bits per heavy atom. The van der Waals surface area contributed by atoms with Crippen molar-refractivity contribution >= 4 is 11.8 Å². The lowest BCUT2D eigenvalue weighted by Crippen LogP contribution is -2.38. The highest BCUT2D eigenvalue weighted by molar-refractivity contribution is 5.94. The van der Waals surface area contributed by atoms with Crippen LogP contribution in [0, 0.1) is 6.92 Å². The van der Waals surface area contributed by atoms with Gasteiger partial charge in [-0.05, 0) is 24.6 Å². The Balaban J connectivity index is 1.40. The molecule has 9 heteroatoms. The zero-order valence-electron chi connectivity index (χ0n) is 17.1. The van der Waals surface area contributed by atoms with Crippen molar-refractivity contribution in [2.75, 3.05) is 6.54 Å². The van der Waals surface area contributed by atoms with Gasteiger partial charge in [-0.15, -0.1) is 5.10 Å². The van der Waals surface area contributed by atoms with Gasteiger partial charge in [-0.3, -0.25) is 14.6 Å².